The molecule has 3 aromatic carbocycles. The van der Waals surface area contributed by atoms with E-state index in [9.17, 15) is 9.18 Å². The Morgan fingerprint density at radius 1 is 1.06 bits per heavy atom. The van der Waals surface area contributed by atoms with Gasteiger partial charge in [-0.25, -0.2) is 9.07 Å². The van der Waals surface area contributed by atoms with Crippen molar-refractivity contribution in [2.45, 2.75) is 30.0 Å². The summed E-state index contributed by atoms with van der Waals surface area (Å²) in [4.78, 5) is 13.3. The van der Waals surface area contributed by atoms with Crippen molar-refractivity contribution in [3.8, 4) is 5.75 Å². The molecule has 0 aliphatic carbocycles. The van der Waals surface area contributed by atoms with Gasteiger partial charge >= 0.3 is 0 Å². The van der Waals surface area contributed by atoms with Crippen LogP contribution in [0.1, 0.15) is 23.0 Å². The Morgan fingerprint density at radius 3 is 2.53 bits per heavy atom. The van der Waals surface area contributed by atoms with E-state index in [0.29, 0.717) is 16.7 Å². The first kappa shape index (κ1) is 22.0. The number of nitrogens with zero attached hydrogens (tertiary/aromatic N) is 3. The molecule has 2 atom stereocenters. The summed E-state index contributed by atoms with van der Waals surface area (Å²) in [5.41, 5.74) is 6.02. The zero-order valence-corrected chi connectivity index (χ0v) is 19.1. The maximum Gasteiger partial charge on any atom is 0.240 e. The highest BCUT2D eigenvalue weighted by Gasteiger charge is 2.38. The predicted octanol–water partition coefficient (Wildman–Crippen LogP) is 4.70. The van der Waals surface area contributed by atoms with Crippen LogP contribution in [0.25, 0.3) is 0 Å². The highest BCUT2D eigenvalue weighted by atomic mass is 32.2. The van der Waals surface area contributed by atoms with Crippen molar-refractivity contribution in [2.75, 3.05) is 10.7 Å². The molecule has 0 unspecified atom stereocenters. The van der Waals surface area contributed by atoms with Gasteiger partial charge in [-0.3, -0.25) is 4.79 Å². The molecule has 1 aliphatic rings. The zero-order valence-electron chi connectivity index (χ0n) is 18.3. The molecule has 0 radical (unpaired) electrons. The van der Waals surface area contributed by atoms with Crippen LogP contribution in [-0.2, 0) is 11.4 Å². The van der Waals surface area contributed by atoms with Gasteiger partial charge in [-0.15, -0.1) is 10.2 Å². The van der Waals surface area contributed by atoms with E-state index in [-0.39, 0.29) is 24.4 Å². The summed E-state index contributed by atoms with van der Waals surface area (Å²) < 4.78 is 20.9. The zero-order chi connectivity index (χ0) is 23.5. The van der Waals surface area contributed by atoms with Gasteiger partial charge in [-0.1, -0.05) is 59.8 Å². The second kappa shape index (κ2) is 9.56. The molecule has 0 fully saturated rings. The number of hydrogen-bond acceptors (Lipinski definition) is 6. The van der Waals surface area contributed by atoms with Gasteiger partial charge in [0.15, 0.2) is 5.82 Å². The molecule has 2 heterocycles. The molecule has 1 amide bonds. The number of hydrogen-bond donors (Lipinski definition) is 2. The molecule has 9 heteroatoms. The van der Waals surface area contributed by atoms with Crippen LogP contribution < -0.4 is 15.5 Å². The van der Waals surface area contributed by atoms with Gasteiger partial charge in [0.05, 0.1) is 6.04 Å². The van der Waals surface area contributed by atoms with E-state index in [1.165, 1.54) is 36.0 Å². The standard InChI is InChI=1S/C25H22FN5O2S/c1-16-7-9-17(10-8-16)22-23(24(32)27-19-13-11-18(26)12-14-19)34-25-29-28-21(31(25)30-22)15-33-20-5-3-2-4-6-20/h2-14,22-23,30H,15H2,1H3,(H,27,32)/t22-,23+/m1/s1. The van der Waals surface area contributed by atoms with Crippen LogP contribution in [-0.4, -0.2) is 26.0 Å². The molecule has 5 rings (SSSR count). The van der Waals surface area contributed by atoms with Gasteiger partial charge in [-0.05, 0) is 48.9 Å². The Bertz CT molecular complexity index is 1280. The van der Waals surface area contributed by atoms with Crippen LogP contribution in [0.5, 0.6) is 5.75 Å². The van der Waals surface area contributed by atoms with Crippen LogP contribution in [0, 0.1) is 12.7 Å². The van der Waals surface area contributed by atoms with Crippen molar-refractivity contribution in [2.24, 2.45) is 0 Å². The number of benzene rings is 3. The number of aromatic nitrogens is 3. The number of amides is 1. The Labute approximate surface area is 200 Å². The fourth-order valence-corrected chi connectivity index (χ4v) is 4.73. The maximum atomic E-state index is 13.3. The van der Waals surface area contributed by atoms with Crippen LogP contribution >= 0.6 is 11.8 Å². The molecule has 0 saturated carbocycles. The summed E-state index contributed by atoms with van der Waals surface area (Å²) in [6, 6.07) is 22.9. The summed E-state index contributed by atoms with van der Waals surface area (Å²) in [5, 5.41) is 11.5. The number of carbonyl (C=O) groups excluding carboxylic acids is 1. The van der Waals surface area contributed by atoms with Crippen LogP contribution in [0.15, 0.2) is 84.0 Å². The van der Waals surface area contributed by atoms with Gasteiger partial charge in [0, 0.05) is 5.69 Å². The first-order chi connectivity index (χ1) is 16.6. The lowest BCUT2D eigenvalue weighted by molar-refractivity contribution is -0.116. The second-order valence-electron chi connectivity index (χ2n) is 7.89. The molecule has 1 aliphatic heterocycles. The van der Waals surface area contributed by atoms with E-state index < -0.39 is 5.25 Å². The summed E-state index contributed by atoms with van der Waals surface area (Å²) in [7, 11) is 0. The Kier molecular flexibility index (Phi) is 6.18. The second-order valence-corrected chi connectivity index (χ2v) is 9.00. The smallest absolute Gasteiger partial charge is 0.240 e. The SMILES string of the molecule is Cc1ccc([C@H]2Nn3c(COc4ccccc4)nnc3S[C@@H]2C(=O)Nc2ccc(F)cc2)cc1. The fraction of sp³-hybridized carbons (Fsp3) is 0.160. The third kappa shape index (κ3) is 4.74. The number of fused-ring (bicyclic) bond motifs is 1. The van der Waals surface area contributed by atoms with Crippen LogP contribution in [0.3, 0.4) is 0 Å². The van der Waals surface area contributed by atoms with Crippen molar-refractivity contribution < 1.29 is 13.9 Å². The van der Waals surface area contributed by atoms with E-state index in [1.54, 1.807) is 4.68 Å². The minimum atomic E-state index is -0.535. The van der Waals surface area contributed by atoms with E-state index in [2.05, 4.69) is 20.9 Å². The topological polar surface area (TPSA) is 81.1 Å². The van der Waals surface area contributed by atoms with E-state index in [0.717, 1.165) is 16.9 Å². The van der Waals surface area contributed by atoms with E-state index in [1.807, 2.05) is 61.5 Å². The number of halogens is 1. The fourth-order valence-electron chi connectivity index (χ4n) is 3.63. The van der Waals surface area contributed by atoms with Gasteiger partial charge in [-0.2, -0.15) is 0 Å². The lowest BCUT2D eigenvalue weighted by Gasteiger charge is -2.33. The Morgan fingerprint density at radius 2 is 1.79 bits per heavy atom. The number of thioether (sulfide) groups is 1. The molecule has 172 valence electrons. The number of aryl methyl sites for hydroxylation is 1. The molecule has 1 aromatic heterocycles. The molecule has 4 aromatic rings. The molecule has 7 nitrogen and oxygen atoms in total. The number of carbonyl (C=O) groups is 1. The molecule has 2 N–H and O–H groups in total. The largest absolute Gasteiger partial charge is 0.486 e. The lowest BCUT2D eigenvalue weighted by Crippen LogP contribution is -2.41. The third-order valence-corrected chi connectivity index (χ3v) is 6.64. The van der Waals surface area contributed by atoms with Crippen molar-refractivity contribution in [3.05, 3.63) is 102 Å². The highest BCUT2D eigenvalue weighted by Crippen LogP contribution is 2.37. The highest BCUT2D eigenvalue weighted by molar-refractivity contribution is 8.00. The molecular formula is C25H22FN5O2S. The number of para-hydroxylation sites is 1. The molecule has 34 heavy (non-hydrogen) atoms. The van der Waals surface area contributed by atoms with Crippen LogP contribution in [0.2, 0.25) is 0 Å². The first-order valence-corrected chi connectivity index (χ1v) is 11.6. The summed E-state index contributed by atoms with van der Waals surface area (Å²) in [5.74, 6) is 0.754. The van der Waals surface area contributed by atoms with Crippen molar-refractivity contribution in [1.82, 2.24) is 14.9 Å². The summed E-state index contributed by atoms with van der Waals surface area (Å²) >= 11 is 1.32. The summed E-state index contributed by atoms with van der Waals surface area (Å²) in [6.45, 7) is 2.24. The van der Waals surface area contributed by atoms with Crippen molar-refractivity contribution in [1.29, 1.82) is 0 Å². The average molecular weight is 476 g/mol. The number of rotatable bonds is 6. The first-order valence-electron chi connectivity index (χ1n) is 10.8. The molecule has 0 saturated heterocycles. The van der Waals surface area contributed by atoms with E-state index in [4.69, 9.17) is 4.74 Å². The number of nitrogens with one attached hydrogen (secondary N) is 2. The Hall–Kier alpha value is -3.85. The number of ether oxygens (including phenoxy) is 1. The molecular weight excluding hydrogens is 453 g/mol. The normalized spacial score (nSPS) is 16.9. The molecule has 0 spiro atoms. The lowest BCUT2D eigenvalue weighted by atomic mass is 10.0. The maximum absolute atomic E-state index is 13.3. The van der Waals surface area contributed by atoms with Crippen LogP contribution in [0.4, 0.5) is 10.1 Å². The number of anilines is 1. The van der Waals surface area contributed by atoms with Gasteiger partial charge < -0.3 is 15.5 Å². The predicted molar refractivity (Wildman–Crippen MR) is 129 cm³/mol. The van der Waals surface area contributed by atoms with Gasteiger partial charge in [0.1, 0.15) is 23.4 Å². The van der Waals surface area contributed by atoms with Gasteiger partial charge in [0.2, 0.25) is 11.1 Å². The average Bonchev–Trinajstić information content (AvgIpc) is 3.26. The van der Waals surface area contributed by atoms with E-state index >= 15 is 0 Å². The van der Waals surface area contributed by atoms with Crippen molar-refractivity contribution in [3.63, 3.8) is 0 Å². The molecule has 0 bridgehead atoms. The summed E-state index contributed by atoms with van der Waals surface area (Å²) in [6.07, 6.45) is 0. The quantitative estimate of drug-likeness (QED) is 0.421. The minimum Gasteiger partial charge on any atom is -0.486 e. The van der Waals surface area contributed by atoms with Crippen molar-refractivity contribution >= 4 is 23.4 Å². The third-order valence-electron chi connectivity index (χ3n) is 5.42. The monoisotopic (exact) mass is 475 g/mol. The minimum absolute atomic E-state index is 0.217. The Balaban J connectivity index is 1.41. The van der Waals surface area contributed by atoms with Gasteiger partial charge in [0.25, 0.3) is 0 Å².